The van der Waals surface area contributed by atoms with Gasteiger partial charge in [-0.15, -0.1) is 0 Å². The van der Waals surface area contributed by atoms with Crippen LogP contribution < -0.4 is 15.4 Å². The number of rotatable bonds is 5. The number of nitrogens with one attached hydrogen (secondary N) is 2. The number of amides is 2. The number of aryl methyl sites for hydroxylation is 2. The van der Waals surface area contributed by atoms with E-state index in [4.69, 9.17) is 4.74 Å². The van der Waals surface area contributed by atoms with E-state index in [0.29, 0.717) is 6.54 Å². The number of benzene rings is 3. The molecule has 0 radical (unpaired) electrons. The van der Waals surface area contributed by atoms with Crippen molar-refractivity contribution in [3.63, 3.8) is 0 Å². The molecule has 2 amide bonds. The molecule has 0 fully saturated rings. The van der Waals surface area contributed by atoms with E-state index >= 15 is 0 Å². The molecule has 0 saturated carbocycles. The fraction of sp³-hybridized carbons (Fsp3) is 0.154. The Morgan fingerprint density at radius 3 is 2.68 bits per heavy atom. The molecule has 0 aliphatic carbocycles. The summed E-state index contributed by atoms with van der Waals surface area (Å²) in [5.41, 5.74) is 6.18. The number of pyridine rings is 1. The van der Waals surface area contributed by atoms with Crippen molar-refractivity contribution in [1.29, 1.82) is 0 Å². The second-order valence-electron chi connectivity index (χ2n) is 7.55. The molecule has 1 heterocycles. The van der Waals surface area contributed by atoms with Gasteiger partial charge in [0, 0.05) is 30.0 Å². The van der Waals surface area contributed by atoms with Gasteiger partial charge < -0.3 is 15.4 Å². The van der Waals surface area contributed by atoms with E-state index in [1.165, 1.54) is 5.56 Å². The van der Waals surface area contributed by atoms with Gasteiger partial charge >= 0.3 is 6.03 Å². The number of ether oxygens (including phenoxy) is 1. The van der Waals surface area contributed by atoms with Crippen LogP contribution in [-0.4, -0.2) is 18.1 Å². The summed E-state index contributed by atoms with van der Waals surface area (Å²) in [4.78, 5) is 16.8. The second kappa shape index (κ2) is 8.88. The molecule has 0 spiro atoms. The molecule has 5 heteroatoms. The Balaban J connectivity index is 1.57. The van der Waals surface area contributed by atoms with E-state index in [9.17, 15) is 4.79 Å². The third kappa shape index (κ3) is 4.51. The lowest BCUT2D eigenvalue weighted by Gasteiger charge is -2.14. The Morgan fingerprint density at radius 2 is 1.87 bits per heavy atom. The smallest absolute Gasteiger partial charge is 0.319 e. The van der Waals surface area contributed by atoms with Crippen LogP contribution in [0.4, 0.5) is 10.5 Å². The van der Waals surface area contributed by atoms with Crippen molar-refractivity contribution in [1.82, 2.24) is 10.3 Å². The van der Waals surface area contributed by atoms with Crippen LogP contribution in [0.25, 0.3) is 21.9 Å². The average Bonchev–Trinajstić information content (AvgIpc) is 2.79. The molecule has 2 N–H and O–H groups in total. The molecule has 0 bridgehead atoms. The molecule has 4 aromatic rings. The zero-order valence-corrected chi connectivity index (χ0v) is 17.9. The third-order valence-corrected chi connectivity index (χ3v) is 5.36. The Labute approximate surface area is 182 Å². The molecule has 0 saturated heterocycles. The van der Waals surface area contributed by atoms with Gasteiger partial charge in [-0.1, -0.05) is 42.0 Å². The molecular formula is C26H25N3O2. The van der Waals surface area contributed by atoms with Gasteiger partial charge in [-0.3, -0.25) is 4.98 Å². The standard InChI is InChI=1S/C26H25N3O2/c1-17-7-10-25(18(2)13-17)29-26(30)28-15-20-8-9-22(23-11-12-27-16-24(20)23)19-5-4-6-21(14-19)31-3/h4-14,16H,15H2,1-3H3,(H2,28,29,30). The van der Waals surface area contributed by atoms with Crippen LogP contribution in [0, 0.1) is 13.8 Å². The normalized spacial score (nSPS) is 10.7. The molecule has 31 heavy (non-hydrogen) atoms. The number of carbonyl (C=O) groups excluding carboxylic acids is 1. The third-order valence-electron chi connectivity index (χ3n) is 5.36. The van der Waals surface area contributed by atoms with Crippen molar-refractivity contribution >= 4 is 22.5 Å². The van der Waals surface area contributed by atoms with Crippen LogP contribution >= 0.6 is 0 Å². The molecule has 0 aliphatic rings. The summed E-state index contributed by atoms with van der Waals surface area (Å²) in [6.45, 7) is 4.42. The van der Waals surface area contributed by atoms with Crippen molar-refractivity contribution < 1.29 is 9.53 Å². The van der Waals surface area contributed by atoms with Crippen LogP contribution in [0.3, 0.4) is 0 Å². The van der Waals surface area contributed by atoms with Crippen molar-refractivity contribution in [3.8, 4) is 16.9 Å². The second-order valence-corrected chi connectivity index (χ2v) is 7.55. The summed E-state index contributed by atoms with van der Waals surface area (Å²) in [7, 11) is 1.67. The first kappa shape index (κ1) is 20.4. The predicted octanol–water partition coefficient (Wildman–Crippen LogP) is 5.85. The van der Waals surface area contributed by atoms with Gasteiger partial charge in [0.15, 0.2) is 0 Å². The fourth-order valence-electron chi connectivity index (χ4n) is 3.74. The predicted molar refractivity (Wildman–Crippen MR) is 126 cm³/mol. The number of methoxy groups -OCH3 is 1. The molecular weight excluding hydrogens is 386 g/mol. The number of hydrogen-bond acceptors (Lipinski definition) is 3. The van der Waals surface area contributed by atoms with Crippen molar-refractivity contribution in [2.75, 3.05) is 12.4 Å². The number of urea groups is 1. The summed E-state index contributed by atoms with van der Waals surface area (Å²) < 4.78 is 5.37. The highest BCUT2D eigenvalue weighted by Gasteiger charge is 2.10. The van der Waals surface area contributed by atoms with Crippen LogP contribution in [0.1, 0.15) is 16.7 Å². The van der Waals surface area contributed by atoms with Crippen LogP contribution in [0.15, 0.2) is 73.1 Å². The van der Waals surface area contributed by atoms with Crippen LogP contribution in [0.2, 0.25) is 0 Å². The number of aromatic nitrogens is 1. The van der Waals surface area contributed by atoms with Gasteiger partial charge in [0.05, 0.1) is 7.11 Å². The highest BCUT2D eigenvalue weighted by Crippen LogP contribution is 2.32. The number of nitrogens with zero attached hydrogens (tertiary/aromatic N) is 1. The summed E-state index contributed by atoms with van der Waals surface area (Å²) in [5.74, 6) is 0.813. The number of fused-ring (bicyclic) bond motifs is 1. The highest BCUT2D eigenvalue weighted by atomic mass is 16.5. The van der Waals surface area contributed by atoms with Gasteiger partial charge in [-0.05, 0) is 65.8 Å². The molecule has 0 atom stereocenters. The monoisotopic (exact) mass is 411 g/mol. The molecule has 156 valence electrons. The minimum absolute atomic E-state index is 0.235. The van der Waals surface area contributed by atoms with Gasteiger partial charge in [0.25, 0.3) is 0 Å². The van der Waals surface area contributed by atoms with Gasteiger partial charge in [0.2, 0.25) is 0 Å². The van der Waals surface area contributed by atoms with E-state index in [2.05, 4.69) is 27.8 Å². The fourth-order valence-corrected chi connectivity index (χ4v) is 3.74. The van der Waals surface area contributed by atoms with Crippen molar-refractivity contribution in [2.24, 2.45) is 0 Å². The lowest BCUT2D eigenvalue weighted by atomic mass is 9.96. The van der Waals surface area contributed by atoms with Gasteiger partial charge in [0.1, 0.15) is 5.75 Å². The Morgan fingerprint density at radius 1 is 1.00 bits per heavy atom. The molecule has 1 aromatic heterocycles. The van der Waals surface area contributed by atoms with Gasteiger partial charge in [-0.25, -0.2) is 4.79 Å². The molecule has 4 rings (SSSR count). The molecule has 5 nitrogen and oxygen atoms in total. The van der Waals surface area contributed by atoms with E-state index in [-0.39, 0.29) is 6.03 Å². The van der Waals surface area contributed by atoms with E-state index in [1.807, 2.05) is 68.6 Å². The minimum Gasteiger partial charge on any atom is -0.497 e. The maximum Gasteiger partial charge on any atom is 0.319 e. The quantitative estimate of drug-likeness (QED) is 0.433. The van der Waals surface area contributed by atoms with Crippen LogP contribution in [0.5, 0.6) is 5.75 Å². The molecule has 0 unspecified atom stereocenters. The van der Waals surface area contributed by atoms with Gasteiger partial charge in [-0.2, -0.15) is 0 Å². The number of anilines is 1. The minimum atomic E-state index is -0.235. The zero-order chi connectivity index (χ0) is 21.8. The Hall–Kier alpha value is -3.86. The Bertz CT molecular complexity index is 1250. The summed E-state index contributed by atoms with van der Waals surface area (Å²) in [6, 6.07) is 19.8. The number of carbonyl (C=O) groups is 1. The first-order valence-corrected chi connectivity index (χ1v) is 10.2. The Kier molecular flexibility index (Phi) is 5.85. The molecule has 0 aliphatic heterocycles. The SMILES string of the molecule is COc1cccc(-c2ccc(CNC(=O)Nc3ccc(C)cc3C)c3cnccc23)c1. The maximum absolute atomic E-state index is 12.5. The van der Waals surface area contributed by atoms with Crippen LogP contribution in [-0.2, 0) is 6.54 Å². The zero-order valence-electron chi connectivity index (χ0n) is 17.9. The van der Waals surface area contributed by atoms with E-state index in [0.717, 1.165) is 44.5 Å². The lowest BCUT2D eigenvalue weighted by molar-refractivity contribution is 0.252. The number of hydrogen-bond donors (Lipinski definition) is 2. The summed E-state index contributed by atoms with van der Waals surface area (Å²) in [5, 5.41) is 7.98. The largest absolute Gasteiger partial charge is 0.497 e. The molecule has 3 aromatic carbocycles. The van der Waals surface area contributed by atoms with Crippen molar-refractivity contribution in [2.45, 2.75) is 20.4 Å². The average molecular weight is 412 g/mol. The first-order chi connectivity index (χ1) is 15.0. The first-order valence-electron chi connectivity index (χ1n) is 10.2. The highest BCUT2D eigenvalue weighted by molar-refractivity contribution is 5.98. The maximum atomic E-state index is 12.5. The van der Waals surface area contributed by atoms with E-state index < -0.39 is 0 Å². The van der Waals surface area contributed by atoms with Crippen molar-refractivity contribution in [3.05, 3.63) is 89.7 Å². The summed E-state index contributed by atoms with van der Waals surface area (Å²) in [6.07, 6.45) is 3.63. The topological polar surface area (TPSA) is 63.2 Å². The lowest BCUT2D eigenvalue weighted by Crippen LogP contribution is -2.28. The summed E-state index contributed by atoms with van der Waals surface area (Å²) >= 11 is 0. The van der Waals surface area contributed by atoms with E-state index in [1.54, 1.807) is 13.3 Å².